The fourth-order valence-corrected chi connectivity index (χ4v) is 3.57. The highest BCUT2D eigenvalue weighted by molar-refractivity contribution is 7.89. The molecular weight excluding hydrogens is 328 g/mol. The zero-order valence-electron chi connectivity index (χ0n) is 14.8. The lowest BCUT2D eigenvalue weighted by atomic mass is 10.1. The number of hydrogen-bond acceptors (Lipinski definition) is 4. The van der Waals surface area contributed by atoms with Crippen LogP contribution in [-0.2, 0) is 10.0 Å². The van der Waals surface area contributed by atoms with Crippen LogP contribution in [0.25, 0.3) is 0 Å². The zero-order valence-corrected chi connectivity index (χ0v) is 15.6. The van der Waals surface area contributed by atoms with Gasteiger partial charge in [0, 0.05) is 12.6 Å². The summed E-state index contributed by atoms with van der Waals surface area (Å²) in [5.41, 5.74) is 0.380. The molecule has 0 aliphatic rings. The summed E-state index contributed by atoms with van der Waals surface area (Å²) in [6.07, 6.45) is 2.57. The van der Waals surface area contributed by atoms with Gasteiger partial charge in [-0.05, 0) is 43.9 Å². The number of benzene rings is 1. The number of nitrogens with one attached hydrogen (secondary N) is 2. The average Bonchev–Trinajstić information content (AvgIpc) is 2.46. The van der Waals surface area contributed by atoms with Gasteiger partial charge in [0.05, 0.1) is 11.3 Å². The molecule has 3 N–H and O–H groups in total. The molecule has 1 aromatic carbocycles. The molecule has 7 heteroatoms. The predicted molar refractivity (Wildman–Crippen MR) is 96.0 cm³/mol. The Hall–Kier alpha value is -1.60. The summed E-state index contributed by atoms with van der Waals surface area (Å²) in [5, 5.41) is 12.3. The van der Waals surface area contributed by atoms with E-state index in [1.807, 2.05) is 20.8 Å². The molecule has 0 bridgehead atoms. The minimum absolute atomic E-state index is 0.0193. The van der Waals surface area contributed by atoms with Gasteiger partial charge in [0.15, 0.2) is 0 Å². The molecule has 24 heavy (non-hydrogen) atoms. The van der Waals surface area contributed by atoms with E-state index in [4.69, 9.17) is 5.11 Å². The van der Waals surface area contributed by atoms with Crippen LogP contribution in [0.3, 0.4) is 0 Å². The van der Waals surface area contributed by atoms with Crippen molar-refractivity contribution in [1.29, 1.82) is 0 Å². The Kier molecular flexibility index (Phi) is 7.69. The maximum absolute atomic E-state index is 12.6. The number of rotatable bonds is 10. The van der Waals surface area contributed by atoms with Gasteiger partial charge in [-0.1, -0.05) is 27.2 Å². The molecule has 0 saturated carbocycles. The second kappa shape index (κ2) is 9.03. The van der Waals surface area contributed by atoms with E-state index >= 15 is 0 Å². The molecule has 0 fully saturated rings. The highest BCUT2D eigenvalue weighted by atomic mass is 32.2. The third kappa shape index (κ3) is 6.13. The Morgan fingerprint density at radius 1 is 1.21 bits per heavy atom. The molecule has 0 amide bonds. The molecule has 1 aromatic rings. The molecule has 136 valence electrons. The standard InChI is InChI=1S/C17H28N2O4S/c1-5-6-13(4)19-15-8-7-14(17(20)21)11-16(15)24(22,23)18-10-9-12(2)3/h7-8,11-13,18-19H,5-6,9-10H2,1-4H3,(H,20,21)/t13-/m0/s1. The maximum Gasteiger partial charge on any atom is 0.335 e. The number of carboxylic acid groups (broad SMARTS) is 1. The van der Waals surface area contributed by atoms with Gasteiger partial charge in [-0.25, -0.2) is 17.9 Å². The third-order valence-corrected chi connectivity index (χ3v) is 5.16. The van der Waals surface area contributed by atoms with Crippen molar-refractivity contribution in [3.05, 3.63) is 23.8 Å². The highest BCUT2D eigenvalue weighted by Gasteiger charge is 2.21. The van der Waals surface area contributed by atoms with Crippen LogP contribution in [-0.4, -0.2) is 32.1 Å². The Balaban J connectivity index is 3.14. The second-order valence-electron chi connectivity index (χ2n) is 6.43. The molecule has 0 saturated heterocycles. The summed E-state index contributed by atoms with van der Waals surface area (Å²) in [7, 11) is -3.78. The van der Waals surface area contributed by atoms with Gasteiger partial charge < -0.3 is 10.4 Å². The van der Waals surface area contributed by atoms with Crippen LogP contribution in [0.4, 0.5) is 5.69 Å². The first-order valence-corrected chi connectivity index (χ1v) is 9.79. The van der Waals surface area contributed by atoms with Gasteiger partial charge in [-0.2, -0.15) is 0 Å². The molecule has 0 radical (unpaired) electrons. The monoisotopic (exact) mass is 356 g/mol. The number of carboxylic acids is 1. The fourth-order valence-electron chi connectivity index (χ4n) is 2.33. The van der Waals surface area contributed by atoms with Crippen molar-refractivity contribution in [2.24, 2.45) is 5.92 Å². The van der Waals surface area contributed by atoms with E-state index in [9.17, 15) is 13.2 Å². The summed E-state index contributed by atoms with van der Waals surface area (Å²) in [5.74, 6) is -0.776. The lowest BCUT2D eigenvalue weighted by molar-refractivity contribution is 0.0696. The number of anilines is 1. The lowest BCUT2D eigenvalue weighted by Gasteiger charge is -2.18. The highest BCUT2D eigenvalue weighted by Crippen LogP contribution is 2.24. The molecular formula is C17H28N2O4S. The van der Waals surface area contributed by atoms with Crippen LogP contribution in [0.2, 0.25) is 0 Å². The van der Waals surface area contributed by atoms with E-state index in [0.29, 0.717) is 24.6 Å². The van der Waals surface area contributed by atoms with E-state index in [2.05, 4.69) is 17.0 Å². The fraction of sp³-hybridized carbons (Fsp3) is 0.588. The van der Waals surface area contributed by atoms with Crippen LogP contribution in [0, 0.1) is 5.92 Å². The first kappa shape index (κ1) is 20.4. The Morgan fingerprint density at radius 3 is 2.42 bits per heavy atom. The summed E-state index contributed by atoms with van der Waals surface area (Å²) in [6, 6.07) is 4.24. The second-order valence-corrected chi connectivity index (χ2v) is 8.17. The minimum Gasteiger partial charge on any atom is -0.478 e. The number of aromatic carboxylic acids is 1. The van der Waals surface area contributed by atoms with Crippen molar-refractivity contribution in [1.82, 2.24) is 4.72 Å². The van der Waals surface area contributed by atoms with Crippen molar-refractivity contribution in [2.75, 3.05) is 11.9 Å². The molecule has 0 heterocycles. The molecule has 1 atom stereocenters. The third-order valence-electron chi connectivity index (χ3n) is 3.66. The zero-order chi connectivity index (χ0) is 18.3. The SMILES string of the molecule is CCC[C@H](C)Nc1ccc(C(=O)O)cc1S(=O)(=O)NCCC(C)C. The minimum atomic E-state index is -3.78. The van der Waals surface area contributed by atoms with Gasteiger partial charge in [0.1, 0.15) is 4.90 Å². The van der Waals surface area contributed by atoms with Crippen molar-refractivity contribution in [3.8, 4) is 0 Å². The van der Waals surface area contributed by atoms with Crippen molar-refractivity contribution in [3.63, 3.8) is 0 Å². The van der Waals surface area contributed by atoms with Crippen molar-refractivity contribution in [2.45, 2.75) is 57.9 Å². The largest absolute Gasteiger partial charge is 0.478 e. The number of sulfonamides is 1. The number of hydrogen-bond donors (Lipinski definition) is 3. The van der Waals surface area contributed by atoms with Crippen LogP contribution in [0.5, 0.6) is 0 Å². The summed E-state index contributed by atoms with van der Waals surface area (Å²) >= 11 is 0. The van der Waals surface area contributed by atoms with Crippen molar-refractivity contribution < 1.29 is 18.3 Å². The first-order chi connectivity index (χ1) is 11.2. The van der Waals surface area contributed by atoms with Gasteiger partial charge in [-0.3, -0.25) is 0 Å². The van der Waals surface area contributed by atoms with Crippen LogP contribution in [0.1, 0.15) is 57.3 Å². The van der Waals surface area contributed by atoms with Gasteiger partial charge >= 0.3 is 5.97 Å². The van der Waals surface area contributed by atoms with E-state index in [-0.39, 0.29) is 16.5 Å². The van der Waals surface area contributed by atoms with Crippen LogP contribution < -0.4 is 10.0 Å². The molecule has 1 rings (SSSR count). The quantitative estimate of drug-likeness (QED) is 0.598. The smallest absolute Gasteiger partial charge is 0.335 e. The van der Waals surface area contributed by atoms with Gasteiger partial charge in [-0.15, -0.1) is 0 Å². The molecule has 0 unspecified atom stereocenters. The topological polar surface area (TPSA) is 95.5 Å². The first-order valence-electron chi connectivity index (χ1n) is 8.31. The van der Waals surface area contributed by atoms with Crippen LogP contribution >= 0.6 is 0 Å². The number of carbonyl (C=O) groups is 1. The normalized spacial score (nSPS) is 13.0. The molecule has 0 aliphatic carbocycles. The van der Waals surface area contributed by atoms with E-state index in [1.165, 1.54) is 18.2 Å². The van der Waals surface area contributed by atoms with E-state index in [0.717, 1.165) is 12.8 Å². The van der Waals surface area contributed by atoms with Crippen molar-refractivity contribution >= 4 is 21.7 Å². The van der Waals surface area contributed by atoms with Crippen LogP contribution in [0.15, 0.2) is 23.1 Å². The van der Waals surface area contributed by atoms with E-state index < -0.39 is 16.0 Å². The Morgan fingerprint density at radius 2 is 1.88 bits per heavy atom. The Labute approximate surface area is 144 Å². The molecule has 0 aliphatic heterocycles. The molecule has 0 spiro atoms. The summed E-state index contributed by atoms with van der Waals surface area (Å²) in [4.78, 5) is 11.2. The summed E-state index contributed by atoms with van der Waals surface area (Å²) in [6.45, 7) is 8.37. The van der Waals surface area contributed by atoms with E-state index in [1.54, 1.807) is 0 Å². The average molecular weight is 356 g/mol. The van der Waals surface area contributed by atoms with Gasteiger partial charge in [0.2, 0.25) is 10.0 Å². The molecule has 0 aromatic heterocycles. The lowest BCUT2D eigenvalue weighted by Crippen LogP contribution is -2.27. The Bertz CT molecular complexity index is 657. The summed E-state index contributed by atoms with van der Waals surface area (Å²) < 4.78 is 27.8. The van der Waals surface area contributed by atoms with Gasteiger partial charge in [0.25, 0.3) is 0 Å². The predicted octanol–water partition coefficient (Wildman–Crippen LogP) is 3.31. The maximum atomic E-state index is 12.6. The molecule has 6 nitrogen and oxygen atoms in total.